The normalized spacial score (nSPS) is 49.5. The van der Waals surface area contributed by atoms with Gasteiger partial charge in [-0.3, -0.25) is 0 Å². The second-order valence-electron chi connectivity index (χ2n) is 5.41. The molecule has 2 saturated heterocycles. The zero-order chi connectivity index (χ0) is 14.9. The van der Waals surface area contributed by atoms with Gasteiger partial charge in [0.1, 0.15) is 12.2 Å². The molecular weight excluding hydrogens is 270 g/mol. The van der Waals surface area contributed by atoms with Crippen molar-refractivity contribution in [2.24, 2.45) is 5.92 Å². The molecule has 0 spiro atoms. The number of rotatable bonds is 4. The standard InChI is InChI=1S/C12H23NO7/c1-19-12-5(2-6-10(17)7(15)3-13-6)9(16)11(18)8(4-14)20-12/h5-18H,2-4H2,1H3/t5-,6-,7+,8-,9+,10-,11-,12+/m1/s1. The van der Waals surface area contributed by atoms with E-state index in [2.05, 4.69) is 5.32 Å². The van der Waals surface area contributed by atoms with E-state index in [1.807, 2.05) is 0 Å². The van der Waals surface area contributed by atoms with Crippen LogP contribution in [-0.4, -0.2) is 88.6 Å². The van der Waals surface area contributed by atoms with Gasteiger partial charge >= 0.3 is 0 Å². The van der Waals surface area contributed by atoms with Gasteiger partial charge < -0.3 is 40.3 Å². The summed E-state index contributed by atoms with van der Waals surface area (Å²) in [6.07, 6.45) is -5.58. The Hall–Kier alpha value is -0.320. The number of methoxy groups -OCH3 is 1. The minimum atomic E-state index is -1.22. The second kappa shape index (κ2) is 6.63. The maximum atomic E-state index is 10.2. The molecule has 0 radical (unpaired) electrons. The predicted octanol–water partition coefficient (Wildman–Crippen LogP) is -3.23. The lowest BCUT2D eigenvalue weighted by molar-refractivity contribution is -0.280. The molecule has 2 aliphatic rings. The summed E-state index contributed by atoms with van der Waals surface area (Å²) < 4.78 is 10.5. The fraction of sp³-hybridized carbons (Fsp3) is 1.00. The summed E-state index contributed by atoms with van der Waals surface area (Å²) in [5.41, 5.74) is 0. The molecule has 0 bridgehead atoms. The summed E-state index contributed by atoms with van der Waals surface area (Å²) in [7, 11) is 1.41. The Morgan fingerprint density at radius 2 is 1.85 bits per heavy atom. The molecule has 8 heteroatoms. The fourth-order valence-electron chi connectivity index (χ4n) is 2.92. The van der Waals surface area contributed by atoms with E-state index in [0.717, 1.165) is 0 Å². The third-order valence-corrected chi connectivity index (χ3v) is 4.16. The molecule has 20 heavy (non-hydrogen) atoms. The van der Waals surface area contributed by atoms with E-state index in [9.17, 15) is 20.4 Å². The monoisotopic (exact) mass is 293 g/mol. The smallest absolute Gasteiger partial charge is 0.163 e. The zero-order valence-electron chi connectivity index (χ0n) is 11.3. The molecule has 0 aromatic rings. The molecule has 2 fully saturated rings. The molecule has 0 aliphatic carbocycles. The highest BCUT2D eigenvalue weighted by atomic mass is 16.7. The molecule has 8 nitrogen and oxygen atoms in total. The molecule has 2 rings (SSSR count). The average molecular weight is 293 g/mol. The van der Waals surface area contributed by atoms with Crippen LogP contribution in [0.2, 0.25) is 0 Å². The lowest BCUT2D eigenvalue weighted by Crippen LogP contribution is -2.57. The quantitative estimate of drug-likeness (QED) is 0.319. The molecular formula is C12H23NO7. The van der Waals surface area contributed by atoms with E-state index >= 15 is 0 Å². The molecule has 0 aromatic heterocycles. The Balaban J connectivity index is 2.04. The minimum absolute atomic E-state index is 0.271. The Kier molecular flexibility index (Phi) is 5.32. The minimum Gasteiger partial charge on any atom is -0.394 e. The molecule has 0 unspecified atom stereocenters. The summed E-state index contributed by atoms with van der Waals surface area (Å²) in [5, 5.41) is 51.4. The van der Waals surface area contributed by atoms with Crippen LogP contribution in [0.3, 0.4) is 0 Å². The molecule has 0 amide bonds. The van der Waals surface area contributed by atoms with Crippen molar-refractivity contribution in [3.8, 4) is 0 Å². The molecule has 2 heterocycles. The van der Waals surface area contributed by atoms with Crippen molar-refractivity contribution >= 4 is 0 Å². The van der Waals surface area contributed by atoms with Gasteiger partial charge in [0.05, 0.1) is 24.9 Å². The van der Waals surface area contributed by atoms with Crippen LogP contribution in [0.1, 0.15) is 6.42 Å². The molecule has 2 aliphatic heterocycles. The molecule has 6 N–H and O–H groups in total. The van der Waals surface area contributed by atoms with Crippen molar-refractivity contribution in [2.45, 2.75) is 49.3 Å². The topological polar surface area (TPSA) is 132 Å². The van der Waals surface area contributed by atoms with Gasteiger partial charge in [-0.05, 0) is 6.42 Å². The number of aliphatic hydroxyl groups is 5. The first-order chi connectivity index (χ1) is 9.49. The Morgan fingerprint density at radius 1 is 1.15 bits per heavy atom. The van der Waals surface area contributed by atoms with Crippen LogP contribution >= 0.6 is 0 Å². The van der Waals surface area contributed by atoms with Crippen molar-refractivity contribution in [2.75, 3.05) is 20.3 Å². The van der Waals surface area contributed by atoms with Gasteiger partial charge in [0, 0.05) is 25.6 Å². The van der Waals surface area contributed by atoms with Gasteiger partial charge in [0.15, 0.2) is 6.29 Å². The molecule has 0 saturated carbocycles. The van der Waals surface area contributed by atoms with Gasteiger partial charge in [-0.1, -0.05) is 0 Å². The third kappa shape index (κ3) is 2.97. The zero-order valence-corrected chi connectivity index (χ0v) is 11.3. The largest absolute Gasteiger partial charge is 0.394 e. The summed E-state index contributed by atoms with van der Waals surface area (Å²) in [6.45, 7) is -0.150. The van der Waals surface area contributed by atoms with Crippen molar-refractivity contribution in [3.63, 3.8) is 0 Å². The van der Waals surface area contributed by atoms with Crippen molar-refractivity contribution in [1.82, 2.24) is 5.32 Å². The van der Waals surface area contributed by atoms with Gasteiger partial charge in [-0.15, -0.1) is 0 Å². The van der Waals surface area contributed by atoms with Crippen LogP contribution in [-0.2, 0) is 9.47 Å². The van der Waals surface area contributed by atoms with Crippen LogP contribution in [0.5, 0.6) is 0 Å². The van der Waals surface area contributed by atoms with Gasteiger partial charge in [-0.2, -0.15) is 0 Å². The Morgan fingerprint density at radius 3 is 2.35 bits per heavy atom. The number of aliphatic hydroxyl groups excluding tert-OH is 5. The summed E-state index contributed by atoms with van der Waals surface area (Å²) in [4.78, 5) is 0. The highest BCUT2D eigenvalue weighted by Gasteiger charge is 2.47. The summed E-state index contributed by atoms with van der Waals surface area (Å²) in [6, 6.07) is -0.413. The number of ether oxygens (including phenoxy) is 2. The summed E-state index contributed by atoms with van der Waals surface area (Å²) >= 11 is 0. The van der Waals surface area contributed by atoms with E-state index in [0.29, 0.717) is 0 Å². The van der Waals surface area contributed by atoms with Crippen molar-refractivity contribution in [3.05, 3.63) is 0 Å². The van der Waals surface area contributed by atoms with Crippen molar-refractivity contribution in [1.29, 1.82) is 0 Å². The van der Waals surface area contributed by atoms with E-state index in [1.165, 1.54) is 7.11 Å². The molecule has 118 valence electrons. The van der Waals surface area contributed by atoms with Crippen LogP contribution < -0.4 is 5.32 Å². The highest BCUT2D eigenvalue weighted by Crippen LogP contribution is 2.31. The summed E-state index contributed by atoms with van der Waals surface area (Å²) in [5.74, 6) is -0.574. The van der Waals surface area contributed by atoms with E-state index in [-0.39, 0.29) is 13.0 Å². The highest BCUT2D eigenvalue weighted by molar-refractivity contribution is 4.96. The molecule has 8 atom stereocenters. The van der Waals surface area contributed by atoms with Crippen LogP contribution in [0.4, 0.5) is 0 Å². The number of hydrogen-bond donors (Lipinski definition) is 6. The third-order valence-electron chi connectivity index (χ3n) is 4.16. The van der Waals surface area contributed by atoms with Gasteiger partial charge in [0.25, 0.3) is 0 Å². The maximum Gasteiger partial charge on any atom is 0.163 e. The van der Waals surface area contributed by atoms with Crippen LogP contribution in [0, 0.1) is 5.92 Å². The number of hydrogen-bond acceptors (Lipinski definition) is 8. The van der Waals surface area contributed by atoms with Crippen LogP contribution in [0.15, 0.2) is 0 Å². The predicted molar refractivity (Wildman–Crippen MR) is 66.7 cm³/mol. The lowest BCUT2D eigenvalue weighted by atomic mass is 9.85. The Labute approximate surface area is 116 Å². The first-order valence-corrected chi connectivity index (χ1v) is 6.74. The first-order valence-electron chi connectivity index (χ1n) is 6.74. The van der Waals surface area contributed by atoms with E-state index in [1.54, 1.807) is 0 Å². The lowest BCUT2D eigenvalue weighted by Gasteiger charge is -2.42. The van der Waals surface area contributed by atoms with E-state index < -0.39 is 55.4 Å². The van der Waals surface area contributed by atoms with E-state index in [4.69, 9.17) is 14.6 Å². The number of nitrogens with one attached hydrogen (secondary N) is 1. The average Bonchev–Trinajstić information content (AvgIpc) is 2.76. The van der Waals surface area contributed by atoms with Crippen molar-refractivity contribution < 1.29 is 35.0 Å². The van der Waals surface area contributed by atoms with Crippen LogP contribution in [0.25, 0.3) is 0 Å². The number of β-amino-alcohol motifs (C(OH)–C–C–N with tert-alkyl or cyclic N) is 1. The maximum absolute atomic E-state index is 10.2. The second-order valence-corrected chi connectivity index (χ2v) is 5.41. The fourth-order valence-corrected chi connectivity index (χ4v) is 2.92. The SMILES string of the molecule is CO[C@H]1O[C@H](CO)[C@@H](O)[C@@H](O)[C@H]1C[C@H]1NC[C@H](O)[C@@H]1O. The first kappa shape index (κ1) is 16.1. The Bertz CT molecular complexity index is 316. The van der Waals surface area contributed by atoms with Gasteiger partial charge in [-0.25, -0.2) is 0 Å². The molecule has 0 aromatic carbocycles. The van der Waals surface area contributed by atoms with Gasteiger partial charge in [0.2, 0.25) is 0 Å².